The van der Waals surface area contributed by atoms with Gasteiger partial charge in [-0.25, -0.2) is 9.78 Å². The van der Waals surface area contributed by atoms with Crippen molar-refractivity contribution in [1.29, 1.82) is 0 Å². The smallest absolute Gasteiger partial charge is 0.416 e. The van der Waals surface area contributed by atoms with Crippen LogP contribution < -0.4 is 5.32 Å². The van der Waals surface area contributed by atoms with Gasteiger partial charge in [-0.15, -0.1) is 11.3 Å². The molecule has 0 aliphatic heterocycles. The first-order chi connectivity index (χ1) is 11.8. The highest BCUT2D eigenvalue weighted by molar-refractivity contribution is 7.09. The van der Waals surface area contributed by atoms with Crippen LogP contribution in [0.2, 0.25) is 0 Å². The van der Waals surface area contributed by atoms with Crippen LogP contribution in [0.15, 0.2) is 29.6 Å². The maximum absolute atomic E-state index is 13.0. The highest BCUT2D eigenvalue weighted by Crippen LogP contribution is 2.51. The Bertz CT molecular complexity index is 819. The molecule has 1 aromatic carbocycles. The molecule has 132 valence electrons. The van der Waals surface area contributed by atoms with Crippen molar-refractivity contribution in [2.24, 2.45) is 5.92 Å². The molecular formula is C16H13F3N2O3S. The van der Waals surface area contributed by atoms with Crippen molar-refractivity contribution in [3.05, 3.63) is 51.5 Å². The predicted octanol–water partition coefficient (Wildman–Crippen LogP) is 3.28. The molecule has 2 atom stereocenters. The summed E-state index contributed by atoms with van der Waals surface area (Å²) in [4.78, 5) is 26.7. The molecule has 1 aliphatic rings. The number of carbonyl (C=O) groups excluding carboxylic acids is 1. The Morgan fingerprint density at radius 1 is 1.32 bits per heavy atom. The van der Waals surface area contributed by atoms with Crippen LogP contribution in [0.5, 0.6) is 0 Å². The molecule has 2 N–H and O–H groups in total. The van der Waals surface area contributed by atoms with Crippen LogP contribution in [0.4, 0.5) is 13.2 Å². The van der Waals surface area contributed by atoms with Crippen LogP contribution in [0.3, 0.4) is 0 Å². The molecule has 25 heavy (non-hydrogen) atoms. The summed E-state index contributed by atoms with van der Waals surface area (Å²) in [5.41, 5.74) is -0.670. The molecule has 1 saturated carbocycles. The number of halogens is 3. The first-order valence-corrected chi connectivity index (χ1v) is 8.27. The van der Waals surface area contributed by atoms with E-state index in [4.69, 9.17) is 5.11 Å². The van der Waals surface area contributed by atoms with E-state index in [1.807, 2.05) is 0 Å². The van der Waals surface area contributed by atoms with Crippen molar-refractivity contribution < 1.29 is 27.9 Å². The summed E-state index contributed by atoms with van der Waals surface area (Å²) in [5.74, 6) is -2.47. The van der Waals surface area contributed by atoms with E-state index in [1.165, 1.54) is 23.6 Å². The number of aromatic nitrogens is 1. The number of benzene rings is 1. The van der Waals surface area contributed by atoms with Crippen molar-refractivity contribution >= 4 is 23.2 Å². The highest BCUT2D eigenvalue weighted by Gasteiger charge is 2.47. The molecule has 0 radical (unpaired) electrons. The van der Waals surface area contributed by atoms with Crippen molar-refractivity contribution in [2.75, 3.05) is 0 Å². The van der Waals surface area contributed by atoms with Gasteiger partial charge >= 0.3 is 12.1 Å². The third kappa shape index (κ3) is 3.81. The van der Waals surface area contributed by atoms with E-state index in [9.17, 15) is 22.8 Å². The number of carboxylic acid groups (broad SMARTS) is 1. The lowest BCUT2D eigenvalue weighted by Gasteiger charge is -2.12. The lowest BCUT2D eigenvalue weighted by Crippen LogP contribution is -2.25. The number of carboxylic acids is 1. The minimum atomic E-state index is -4.45. The fourth-order valence-electron chi connectivity index (χ4n) is 2.69. The second kappa shape index (κ2) is 6.47. The Labute approximate surface area is 144 Å². The second-order valence-corrected chi connectivity index (χ2v) is 6.63. The van der Waals surface area contributed by atoms with Crippen molar-refractivity contribution in [1.82, 2.24) is 10.3 Å². The molecule has 1 amide bonds. The van der Waals surface area contributed by atoms with Gasteiger partial charge in [-0.3, -0.25) is 4.79 Å². The highest BCUT2D eigenvalue weighted by atomic mass is 32.1. The molecule has 1 aromatic heterocycles. The Kier molecular flexibility index (Phi) is 4.51. The first kappa shape index (κ1) is 17.4. The third-order valence-corrected chi connectivity index (χ3v) is 4.83. The van der Waals surface area contributed by atoms with Gasteiger partial charge in [0.15, 0.2) is 5.69 Å². The summed E-state index contributed by atoms with van der Waals surface area (Å²) >= 11 is 1.10. The molecule has 1 heterocycles. The summed E-state index contributed by atoms with van der Waals surface area (Å²) in [5, 5.41) is 13.2. The number of hydrogen-bond donors (Lipinski definition) is 2. The molecule has 0 spiro atoms. The minimum absolute atomic E-state index is 0.0565. The Morgan fingerprint density at radius 3 is 2.68 bits per heavy atom. The van der Waals surface area contributed by atoms with Gasteiger partial charge in [0, 0.05) is 11.3 Å². The van der Waals surface area contributed by atoms with E-state index < -0.39 is 29.5 Å². The van der Waals surface area contributed by atoms with Gasteiger partial charge in [0.25, 0.3) is 0 Å². The summed E-state index contributed by atoms with van der Waals surface area (Å²) in [7, 11) is 0. The fraction of sp³-hybridized carbons (Fsp3) is 0.312. The summed E-state index contributed by atoms with van der Waals surface area (Å²) in [6.07, 6.45) is -4.09. The van der Waals surface area contributed by atoms with Crippen LogP contribution in [0.1, 0.15) is 39.0 Å². The molecule has 1 fully saturated rings. The van der Waals surface area contributed by atoms with Crippen molar-refractivity contribution in [3.8, 4) is 0 Å². The lowest BCUT2D eigenvalue weighted by atomic mass is 10.0. The minimum Gasteiger partial charge on any atom is -0.476 e. The summed E-state index contributed by atoms with van der Waals surface area (Å²) < 4.78 is 39.1. The Balaban J connectivity index is 1.62. The fourth-order valence-corrected chi connectivity index (χ4v) is 3.40. The normalized spacial score (nSPS) is 19.5. The molecule has 2 aromatic rings. The average molecular weight is 370 g/mol. The number of amides is 1. The molecule has 9 heteroatoms. The lowest BCUT2D eigenvalue weighted by molar-refractivity contribution is -0.138. The van der Waals surface area contributed by atoms with E-state index in [0.717, 1.165) is 17.4 Å². The van der Waals surface area contributed by atoms with Crippen LogP contribution in [-0.4, -0.2) is 22.0 Å². The summed E-state index contributed by atoms with van der Waals surface area (Å²) in [6.45, 7) is 0.0565. The Hall–Kier alpha value is -2.42. The zero-order chi connectivity index (χ0) is 18.2. The maximum atomic E-state index is 13.0. The molecular weight excluding hydrogens is 357 g/mol. The first-order valence-electron chi connectivity index (χ1n) is 7.39. The standard InChI is InChI=1S/C16H13F3N2O3S/c17-16(18,19)11-4-2-1-3-8(11)9-5-10(9)14(22)20-6-13-21-12(7-25-13)15(23)24/h1-4,7,9-10H,5-6H2,(H,20,22)(H,23,24)/t9-,10-/m1/s1. The number of aromatic carboxylic acids is 1. The van der Waals surface area contributed by atoms with Crippen LogP contribution in [0, 0.1) is 5.92 Å². The number of nitrogens with one attached hydrogen (secondary N) is 1. The van der Waals surface area contributed by atoms with Gasteiger partial charge in [0.2, 0.25) is 5.91 Å². The van der Waals surface area contributed by atoms with Gasteiger partial charge in [-0.2, -0.15) is 13.2 Å². The van der Waals surface area contributed by atoms with Gasteiger partial charge < -0.3 is 10.4 Å². The van der Waals surface area contributed by atoms with Crippen LogP contribution >= 0.6 is 11.3 Å². The van der Waals surface area contributed by atoms with Gasteiger partial charge in [0.05, 0.1) is 12.1 Å². The largest absolute Gasteiger partial charge is 0.476 e. The molecule has 3 rings (SSSR count). The van der Waals surface area contributed by atoms with E-state index in [0.29, 0.717) is 11.4 Å². The van der Waals surface area contributed by atoms with E-state index >= 15 is 0 Å². The number of hydrogen-bond acceptors (Lipinski definition) is 4. The quantitative estimate of drug-likeness (QED) is 0.847. The van der Waals surface area contributed by atoms with Gasteiger partial charge in [-0.1, -0.05) is 18.2 Å². The van der Waals surface area contributed by atoms with E-state index in [2.05, 4.69) is 10.3 Å². The number of thiazole rings is 1. The maximum Gasteiger partial charge on any atom is 0.416 e. The molecule has 0 bridgehead atoms. The Morgan fingerprint density at radius 2 is 2.04 bits per heavy atom. The zero-order valence-corrected chi connectivity index (χ0v) is 13.5. The molecule has 1 aliphatic carbocycles. The van der Waals surface area contributed by atoms with Gasteiger partial charge in [0.1, 0.15) is 5.01 Å². The third-order valence-electron chi connectivity index (χ3n) is 3.98. The van der Waals surface area contributed by atoms with Crippen molar-refractivity contribution in [2.45, 2.75) is 25.1 Å². The topological polar surface area (TPSA) is 79.3 Å². The second-order valence-electron chi connectivity index (χ2n) is 5.68. The number of carbonyl (C=O) groups is 2. The SMILES string of the molecule is O=C(O)c1csc(CNC(=O)[C@@H]2C[C@@H]2c2ccccc2C(F)(F)F)n1. The summed E-state index contributed by atoms with van der Waals surface area (Å²) in [6, 6.07) is 5.28. The molecule has 5 nitrogen and oxygen atoms in total. The average Bonchev–Trinajstić information content (AvgIpc) is 3.21. The van der Waals surface area contributed by atoms with Crippen molar-refractivity contribution in [3.63, 3.8) is 0 Å². The number of nitrogens with zero attached hydrogens (tertiary/aromatic N) is 1. The predicted molar refractivity (Wildman–Crippen MR) is 83.2 cm³/mol. The number of alkyl halides is 3. The zero-order valence-electron chi connectivity index (χ0n) is 12.7. The molecule has 0 saturated heterocycles. The molecule has 0 unspecified atom stereocenters. The van der Waals surface area contributed by atoms with E-state index in [-0.39, 0.29) is 23.7 Å². The number of rotatable bonds is 5. The monoisotopic (exact) mass is 370 g/mol. The van der Waals surface area contributed by atoms with E-state index in [1.54, 1.807) is 0 Å². The van der Waals surface area contributed by atoms with Crippen LogP contribution in [0.25, 0.3) is 0 Å². The van der Waals surface area contributed by atoms with Crippen LogP contribution in [-0.2, 0) is 17.5 Å². The van der Waals surface area contributed by atoms with Gasteiger partial charge in [-0.05, 0) is 24.0 Å².